The monoisotopic (exact) mass is 239 g/mol. The van der Waals surface area contributed by atoms with Crippen LogP contribution in [0.5, 0.6) is 0 Å². The molecule has 0 radical (unpaired) electrons. The topological polar surface area (TPSA) is 62.3 Å². The molecular weight excluding hydrogens is 226 g/mol. The number of nitrogens with one attached hydrogen (secondary N) is 1. The summed E-state index contributed by atoms with van der Waals surface area (Å²) in [6.07, 6.45) is 0.380. The van der Waals surface area contributed by atoms with E-state index in [1.165, 1.54) is 11.3 Å². The lowest BCUT2D eigenvalue weighted by molar-refractivity contribution is -0.126. The summed E-state index contributed by atoms with van der Waals surface area (Å²) in [5.74, 6) is -0.128. The molecule has 0 saturated carbocycles. The molecular formula is C10H13N3O2S. The van der Waals surface area contributed by atoms with Crippen LogP contribution in [0, 0.1) is 6.92 Å². The maximum atomic E-state index is 11.7. The van der Waals surface area contributed by atoms with Crippen molar-refractivity contribution in [3.05, 3.63) is 16.1 Å². The molecule has 6 heteroatoms. The third-order valence-electron chi connectivity index (χ3n) is 2.53. The van der Waals surface area contributed by atoms with Gasteiger partial charge in [-0.15, -0.1) is 11.3 Å². The van der Waals surface area contributed by atoms with Gasteiger partial charge in [0.25, 0.3) is 5.91 Å². The molecule has 1 fully saturated rings. The first-order valence-corrected chi connectivity index (χ1v) is 5.91. The van der Waals surface area contributed by atoms with Gasteiger partial charge in [-0.05, 0) is 6.92 Å². The SMILES string of the molecule is Cc1nc(C(=O)NC2CC(=O)N(C)C2)cs1. The third-order valence-corrected chi connectivity index (χ3v) is 3.30. The number of carbonyl (C=O) groups is 2. The van der Waals surface area contributed by atoms with Crippen molar-refractivity contribution in [2.24, 2.45) is 0 Å². The number of hydrogen-bond donors (Lipinski definition) is 1. The summed E-state index contributed by atoms with van der Waals surface area (Å²) < 4.78 is 0. The molecule has 16 heavy (non-hydrogen) atoms. The summed E-state index contributed by atoms with van der Waals surface area (Å²) in [6.45, 7) is 2.43. The Hall–Kier alpha value is -1.43. The Labute approximate surface area is 97.5 Å². The van der Waals surface area contributed by atoms with Gasteiger partial charge in [-0.25, -0.2) is 4.98 Å². The van der Waals surface area contributed by atoms with E-state index in [0.717, 1.165) is 5.01 Å². The van der Waals surface area contributed by atoms with Crippen LogP contribution in [-0.4, -0.2) is 41.3 Å². The summed E-state index contributed by atoms with van der Waals surface area (Å²) in [7, 11) is 1.74. The average molecular weight is 239 g/mol. The molecule has 86 valence electrons. The van der Waals surface area contributed by atoms with Crippen molar-refractivity contribution in [1.82, 2.24) is 15.2 Å². The molecule has 1 aromatic rings. The average Bonchev–Trinajstić information content (AvgIpc) is 2.75. The second kappa shape index (κ2) is 4.21. The van der Waals surface area contributed by atoms with E-state index in [9.17, 15) is 9.59 Å². The molecule has 0 bridgehead atoms. The van der Waals surface area contributed by atoms with Crippen molar-refractivity contribution in [3.8, 4) is 0 Å². The van der Waals surface area contributed by atoms with Gasteiger partial charge in [0.05, 0.1) is 11.0 Å². The highest BCUT2D eigenvalue weighted by Crippen LogP contribution is 2.11. The fourth-order valence-electron chi connectivity index (χ4n) is 1.69. The number of nitrogens with zero attached hydrogens (tertiary/aromatic N) is 2. The van der Waals surface area contributed by atoms with Crippen LogP contribution in [-0.2, 0) is 4.79 Å². The second-order valence-electron chi connectivity index (χ2n) is 3.90. The summed E-state index contributed by atoms with van der Waals surface area (Å²) in [6, 6.07) is -0.0907. The Bertz CT molecular complexity index is 429. The molecule has 1 aliphatic rings. The second-order valence-corrected chi connectivity index (χ2v) is 4.96. The van der Waals surface area contributed by atoms with E-state index in [2.05, 4.69) is 10.3 Å². The van der Waals surface area contributed by atoms with Gasteiger partial charge in [0.1, 0.15) is 5.69 Å². The molecule has 1 aliphatic heterocycles. The standard InChI is InChI=1S/C10H13N3O2S/c1-6-11-8(5-16-6)10(15)12-7-3-9(14)13(2)4-7/h5,7H,3-4H2,1-2H3,(H,12,15). The zero-order chi connectivity index (χ0) is 11.7. The minimum Gasteiger partial charge on any atom is -0.346 e. The lowest BCUT2D eigenvalue weighted by atomic mass is 10.2. The van der Waals surface area contributed by atoms with Crippen LogP contribution in [0.3, 0.4) is 0 Å². The quantitative estimate of drug-likeness (QED) is 0.813. The molecule has 0 spiro atoms. The van der Waals surface area contributed by atoms with Crippen LogP contribution in [0.4, 0.5) is 0 Å². The molecule has 2 amide bonds. The summed E-state index contributed by atoms with van der Waals surface area (Å²) >= 11 is 1.44. The maximum absolute atomic E-state index is 11.7. The van der Waals surface area contributed by atoms with Crippen molar-refractivity contribution in [2.45, 2.75) is 19.4 Å². The lowest BCUT2D eigenvalue weighted by Gasteiger charge is -2.11. The smallest absolute Gasteiger partial charge is 0.271 e. The van der Waals surface area contributed by atoms with Gasteiger partial charge in [0.2, 0.25) is 5.91 Å². The Kier molecular flexibility index (Phi) is 2.91. The van der Waals surface area contributed by atoms with Crippen molar-refractivity contribution in [2.75, 3.05) is 13.6 Å². The lowest BCUT2D eigenvalue weighted by Crippen LogP contribution is -2.36. The molecule has 1 aromatic heterocycles. The molecule has 2 rings (SSSR count). The number of carbonyl (C=O) groups excluding carboxylic acids is 2. The highest BCUT2D eigenvalue weighted by atomic mass is 32.1. The van der Waals surface area contributed by atoms with Crippen molar-refractivity contribution in [3.63, 3.8) is 0 Å². The van der Waals surface area contributed by atoms with Gasteiger partial charge >= 0.3 is 0 Å². The number of hydrogen-bond acceptors (Lipinski definition) is 4. The number of likely N-dealkylation sites (N-methyl/N-ethyl adjacent to an activating group) is 1. The van der Waals surface area contributed by atoms with E-state index in [0.29, 0.717) is 18.7 Å². The fourth-order valence-corrected chi connectivity index (χ4v) is 2.28. The molecule has 5 nitrogen and oxygen atoms in total. The predicted octanol–water partition coefficient (Wildman–Crippen LogP) is 0.412. The predicted molar refractivity (Wildman–Crippen MR) is 60.4 cm³/mol. The molecule has 1 unspecified atom stereocenters. The van der Waals surface area contributed by atoms with Crippen LogP contribution >= 0.6 is 11.3 Å². The van der Waals surface area contributed by atoms with Crippen LogP contribution in [0.1, 0.15) is 21.9 Å². The first-order chi connectivity index (χ1) is 7.56. The van der Waals surface area contributed by atoms with Gasteiger partial charge in [-0.2, -0.15) is 0 Å². The third kappa shape index (κ3) is 2.21. The van der Waals surface area contributed by atoms with Crippen LogP contribution in [0.2, 0.25) is 0 Å². The number of amides is 2. The number of thiazole rings is 1. The van der Waals surface area contributed by atoms with E-state index in [1.54, 1.807) is 17.3 Å². The van der Waals surface area contributed by atoms with E-state index >= 15 is 0 Å². The van der Waals surface area contributed by atoms with Crippen molar-refractivity contribution < 1.29 is 9.59 Å². The first-order valence-electron chi connectivity index (χ1n) is 5.03. The summed E-state index contributed by atoms with van der Waals surface area (Å²) in [4.78, 5) is 28.7. The molecule has 1 atom stereocenters. The summed E-state index contributed by atoms with van der Waals surface area (Å²) in [5.41, 5.74) is 0.435. The zero-order valence-corrected chi connectivity index (χ0v) is 10.0. The highest BCUT2D eigenvalue weighted by molar-refractivity contribution is 7.09. The van der Waals surface area contributed by atoms with Gasteiger partial charge < -0.3 is 10.2 Å². The Morgan fingerprint density at radius 3 is 2.94 bits per heavy atom. The molecule has 2 heterocycles. The van der Waals surface area contributed by atoms with E-state index in [1.807, 2.05) is 6.92 Å². The van der Waals surface area contributed by atoms with Crippen LogP contribution < -0.4 is 5.32 Å². The summed E-state index contributed by atoms with van der Waals surface area (Å²) in [5, 5.41) is 5.40. The zero-order valence-electron chi connectivity index (χ0n) is 9.19. The van der Waals surface area contributed by atoms with Gasteiger partial charge in [0, 0.05) is 25.4 Å². The first kappa shape index (κ1) is 11.1. The number of rotatable bonds is 2. The van der Waals surface area contributed by atoms with Crippen LogP contribution in [0.25, 0.3) is 0 Å². The van der Waals surface area contributed by atoms with Gasteiger partial charge in [0.15, 0.2) is 0 Å². The van der Waals surface area contributed by atoms with Crippen LogP contribution in [0.15, 0.2) is 5.38 Å². The van der Waals surface area contributed by atoms with Crippen molar-refractivity contribution in [1.29, 1.82) is 0 Å². The Morgan fingerprint density at radius 2 is 2.44 bits per heavy atom. The number of aromatic nitrogens is 1. The Morgan fingerprint density at radius 1 is 1.69 bits per heavy atom. The number of aryl methyl sites for hydroxylation is 1. The van der Waals surface area contributed by atoms with E-state index in [-0.39, 0.29) is 17.9 Å². The largest absolute Gasteiger partial charge is 0.346 e. The minimum atomic E-state index is -0.197. The molecule has 1 saturated heterocycles. The van der Waals surface area contributed by atoms with E-state index < -0.39 is 0 Å². The maximum Gasteiger partial charge on any atom is 0.271 e. The molecule has 0 aromatic carbocycles. The minimum absolute atomic E-state index is 0.0692. The van der Waals surface area contributed by atoms with Gasteiger partial charge in [-0.3, -0.25) is 9.59 Å². The molecule has 1 N–H and O–H groups in total. The van der Waals surface area contributed by atoms with Crippen molar-refractivity contribution >= 4 is 23.2 Å². The Balaban J connectivity index is 1.96. The fraction of sp³-hybridized carbons (Fsp3) is 0.500. The number of likely N-dealkylation sites (tertiary alicyclic amines) is 1. The normalized spacial score (nSPS) is 20.2. The van der Waals surface area contributed by atoms with E-state index in [4.69, 9.17) is 0 Å². The molecule has 0 aliphatic carbocycles. The highest BCUT2D eigenvalue weighted by Gasteiger charge is 2.28. The van der Waals surface area contributed by atoms with Gasteiger partial charge in [-0.1, -0.05) is 0 Å².